The van der Waals surface area contributed by atoms with Crippen LogP contribution in [-0.4, -0.2) is 42.5 Å². The van der Waals surface area contributed by atoms with Gasteiger partial charge >= 0.3 is 0 Å². The number of nitrogens with one attached hydrogen (secondary N) is 3. The summed E-state index contributed by atoms with van der Waals surface area (Å²) in [5, 5.41) is 10.00. The lowest BCUT2D eigenvalue weighted by molar-refractivity contribution is -0.121. The van der Waals surface area contributed by atoms with Gasteiger partial charge in [0.25, 0.3) is 0 Å². The van der Waals surface area contributed by atoms with Crippen molar-refractivity contribution >= 4 is 47.4 Å². The molecule has 1 aromatic rings. The number of hydrogen-bond acceptors (Lipinski definition) is 3. The van der Waals surface area contributed by atoms with Crippen LogP contribution in [0.1, 0.15) is 38.2 Å². The molecule has 8 heteroatoms. The Morgan fingerprint density at radius 3 is 2.80 bits per heavy atom. The lowest BCUT2D eigenvalue weighted by Crippen LogP contribution is -2.38. The van der Waals surface area contributed by atoms with Crippen molar-refractivity contribution in [1.82, 2.24) is 20.9 Å². The van der Waals surface area contributed by atoms with Gasteiger partial charge in [0, 0.05) is 38.3 Å². The number of aromatic nitrogens is 1. The van der Waals surface area contributed by atoms with Crippen LogP contribution in [0, 0.1) is 0 Å². The predicted octanol–water partition coefficient (Wildman–Crippen LogP) is 2.51. The number of nitrogens with zero attached hydrogens (tertiary/aromatic N) is 2. The van der Waals surface area contributed by atoms with Crippen LogP contribution in [0.15, 0.2) is 23.3 Å². The average Bonchev–Trinajstić information content (AvgIpc) is 3.37. The first kappa shape index (κ1) is 22.0. The Hall–Kier alpha value is -1.09. The summed E-state index contributed by atoms with van der Waals surface area (Å²) in [6, 6.07) is 4.20. The van der Waals surface area contributed by atoms with Crippen molar-refractivity contribution in [3.63, 3.8) is 0 Å². The van der Waals surface area contributed by atoms with Gasteiger partial charge in [-0.05, 0) is 44.2 Å². The number of guanidine groups is 1. The maximum atomic E-state index is 11.6. The van der Waals surface area contributed by atoms with E-state index in [-0.39, 0.29) is 29.9 Å². The third-order valence-corrected chi connectivity index (χ3v) is 3.84. The Morgan fingerprint density at radius 2 is 2.16 bits per heavy atom. The number of pyridine rings is 1. The molecule has 3 N–H and O–H groups in total. The second-order valence-electron chi connectivity index (χ2n) is 5.87. The molecule has 1 aromatic heterocycles. The molecule has 6 nitrogen and oxygen atoms in total. The molecule has 1 fully saturated rings. The lowest BCUT2D eigenvalue weighted by Gasteiger charge is -2.11. The molecule has 0 aromatic carbocycles. The van der Waals surface area contributed by atoms with Crippen LogP contribution in [0.25, 0.3) is 0 Å². The van der Waals surface area contributed by atoms with Crippen molar-refractivity contribution < 1.29 is 4.79 Å². The number of carbonyl (C=O) groups is 1. The smallest absolute Gasteiger partial charge is 0.220 e. The second-order valence-corrected chi connectivity index (χ2v) is 6.26. The second kappa shape index (κ2) is 12.3. The number of halogens is 2. The Bertz CT molecular complexity index is 548. The van der Waals surface area contributed by atoms with Crippen LogP contribution < -0.4 is 16.0 Å². The highest BCUT2D eigenvalue weighted by Crippen LogP contribution is 2.18. The van der Waals surface area contributed by atoms with Gasteiger partial charge in [0.05, 0.1) is 0 Å². The Morgan fingerprint density at radius 1 is 1.36 bits per heavy atom. The normalized spacial score (nSPS) is 13.8. The van der Waals surface area contributed by atoms with Crippen LogP contribution in [0.4, 0.5) is 0 Å². The van der Waals surface area contributed by atoms with Gasteiger partial charge in [-0.2, -0.15) is 0 Å². The Labute approximate surface area is 171 Å². The van der Waals surface area contributed by atoms with Gasteiger partial charge in [-0.1, -0.05) is 17.7 Å². The zero-order valence-corrected chi connectivity index (χ0v) is 17.6. The van der Waals surface area contributed by atoms with Crippen LogP contribution in [-0.2, 0) is 11.2 Å². The molecule has 0 spiro atoms. The fraction of sp³-hybridized carbons (Fsp3) is 0.588. The van der Waals surface area contributed by atoms with E-state index in [0.29, 0.717) is 24.2 Å². The molecular formula is C17H27ClIN5O. The zero-order valence-electron chi connectivity index (χ0n) is 14.6. The highest BCUT2D eigenvalue weighted by atomic mass is 127. The van der Waals surface area contributed by atoms with Gasteiger partial charge in [-0.3, -0.25) is 9.79 Å². The van der Waals surface area contributed by atoms with E-state index in [9.17, 15) is 4.79 Å². The van der Waals surface area contributed by atoms with Crippen molar-refractivity contribution in [3.8, 4) is 0 Å². The number of amides is 1. The Balaban J connectivity index is 0.00000312. The minimum atomic E-state index is 0. The molecule has 0 atom stereocenters. The quantitative estimate of drug-likeness (QED) is 0.167. The number of aliphatic imine (C=N–C) groups is 1. The molecule has 1 heterocycles. The largest absolute Gasteiger partial charge is 0.357 e. The van der Waals surface area contributed by atoms with Gasteiger partial charge in [0.1, 0.15) is 5.15 Å². The summed E-state index contributed by atoms with van der Waals surface area (Å²) in [6.07, 6.45) is 6.18. The molecule has 2 rings (SSSR count). The van der Waals surface area contributed by atoms with Crippen molar-refractivity contribution in [2.75, 3.05) is 19.6 Å². The van der Waals surface area contributed by atoms with E-state index < -0.39 is 0 Å². The molecule has 1 aliphatic rings. The molecule has 0 radical (unpaired) electrons. The summed E-state index contributed by atoms with van der Waals surface area (Å²) in [6.45, 7) is 4.23. The first-order valence-corrected chi connectivity index (χ1v) is 8.97. The van der Waals surface area contributed by atoms with E-state index in [1.807, 2.05) is 13.0 Å². The highest BCUT2D eigenvalue weighted by molar-refractivity contribution is 14.0. The predicted molar refractivity (Wildman–Crippen MR) is 113 cm³/mol. The van der Waals surface area contributed by atoms with Crippen molar-refractivity contribution in [1.29, 1.82) is 0 Å². The minimum Gasteiger partial charge on any atom is -0.357 e. The molecule has 0 bridgehead atoms. The van der Waals surface area contributed by atoms with E-state index >= 15 is 0 Å². The maximum Gasteiger partial charge on any atom is 0.220 e. The molecule has 0 unspecified atom stereocenters. The van der Waals surface area contributed by atoms with Gasteiger partial charge in [0.15, 0.2) is 5.96 Å². The molecule has 1 saturated carbocycles. The van der Waals surface area contributed by atoms with E-state index in [2.05, 4.69) is 25.9 Å². The topological polar surface area (TPSA) is 78.4 Å². The van der Waals surface area contributed by atoms with E-state index in [1.54, 1.807) is 12.3 Å². The summed E-state index contributed by atoms with van der Waals surface area (Å²) in [4.78, 5) is 20.2. The van der Waals surface area contributed by atoms with Gasteiger partial charge in [-0.25, -0.2) is 4.98 Å². The van der Waals surface area contributed by atoms with Crippen molar-refractivity contribution in [2.24, 2.45) is 4.99 Å². The molecular weight excluding hydrogens is 453 g/mol. The lowest BCUT2D eigenvalue weighted by atomic mass is 10.2. The zero-order chi connectivity index (χ0) is 17.2. The average molecular weight is 480 g/mol. The van der Waals surface area contributed by atoms with Crippen molar-refractivity contribution in [2.45, 2.75) is 45.1 Å². The van der Waals surface area contributed by atoms with Crippen LogP contribution >= 0.6 is 35.6 Å². The summed E-state index contributed by atoms with van der Waals surface area (Å²) < 4.78 is 0. The fourth-order valence-electron chi connectivity index (χ4n) is 2.18. The Kier molecular flexibility index (Phi) is 10.8. The van der Waals surface area contributed by atoms with E-state index in [4.69, 9.17) is 11.6 Å². The molecule has 140 valence electrons. The summed E-state index contributed by atoms with van der Waals surface area (Å²) in [5.41, 5.74) is 1.12. The third-order valence-electron chi connectivity index (χ3n) is 3.61. The summed E-state index contributed by atoms with van der Waals surface area (Å²) in [7, 11) is 0. The maximum absolute atomic E-state index is 11.6. The molecule has 25 heavy (non-hydrogen) atoms. The number of rotatable bonds is 9. The number of hydrogen-bond donors (Lipinski definition) is 3. The SMILES string of the molecule is CCNC(=NCCCC(=O)NC1CC1)NCCc1ccc(Cl)nc1.I. The van der Waals surface area contributed by atoms with Gasteiger partial charge in [-0.15, -0.1) is 24.0 Å². The van der Waals surface area contributed by atoms with E-state index in [1.165, 1.54) is 0 Å². The van der Waals surface area contributed by atoms with Gasteiger partial charge < -0.3 is 16.0 Å². The fourth-order valence-corrected chi connectivity index (χ4v) is 2.29. The van der Waals surface area contributed by atoms with Crippen molar-refractivity contribution in [3.05, 3.63) is 29.0 Å². The van der Waals surface area contributed by atoms with Gasteiger partial charge in [0.2, 0.25) is 5.91 Å². The monoisotopic (exact) mass is 479 g/mol. The van der Waals surface area contributed by atoms with Crippen LogP contribution in [0.3, 0.4) is 0 Å². The van der Waals surface area contributed by atoms with E-state index in [0.717, 1.165) is 50.3 Å². The summed E-state index contributed by atoms with van der Waals surface area (Å²) >= 11 is 5.78. The summed E-state index contributed by atoms with van der Waals surface area (Å²) in [5.74, 6) is 0.919. The standard InChI is InChI=1S/C17H26ClN5O.HI/c1-2-19-17(20-10-3-4-16(24)23-14-6-7-14)21-11-9-13-5-8-15(18)22-12-13;/h5,8,12,14H,2-4,6-7,9-11H2,1H3,(H,23,24)(H2,19,20,21);1H. The van der Waals surface area contributed by atoms with Crippen LogP contribution in [0.2, 0.25) is 5.15 Å². The van der Waals surface area contributed by atoms with Crippen LogP contribution in [0.5, 0.6) is 0 Å². The molecule has 1 aliphatic carbocycles. The number of carbonyl (C=O) groups excluding carboxylic acids is 1. The molecule has 1 amide bonds. The first-order chi connectivity index (χ1) is 11.7. The highest BCUT2D eigenvalue weighted by Gasteiger charge is 2.22. The minimum absolute atomic E-state index is 0. The first-order valence-electron chi connectivity index (χ1n) is 8.59. The third kappa shape index (κ3) is 9.84. The molecule has 0 aliphatic heterocycles. The molecule has 0 saturated heterocycles.